The fraction of sp³-hybridized carbons (Fsp3) is 0.174. The van der Waals surface area contributed by atoms with Crippen molar-refractivity contribution in [3.05, 3.63) is 70.9 Å². The zero-order valence-electron chi connectivity index (χ0n) is 16.9. The Bertz CT molecular complexity index is 1370. The summed E-state index contributed by atoms with van der Waals surface area (Å²) >= 11 is 1.69. The summed E-state index contributed by atoms with van der Waals surface area (Å²) in [6.07, 6.45) is 1.73. The Morgan fingerprint density at radius 3 is 2.70 bits per heavy atom. The molecule has 0 amide bonds. The number of hydrogen-bond acceptors (Lipinski definition) is 6. The highest BCUT2D eigenvalue weighted by atomic mass is 32.1. The maximum Gasteiger partial charge on any atom is 0.182 e. The Morgan fingerprint density at radius 1 is 1.03 bits per heavy atom. The Hall–Kier alpha value is -3.45. The number of aryl methyl sites for hydroxylation is 2. The number of methoxy groups -OCH3 is 1. The summed E-state index contributed by atoms with van der Waals surface area (Å²) < 4.78 is 13.1. The van der Waals surface area contributed by atoms with Gasteiger partial charge >= 0.3 is 0 Å². The summed E-state index contributed by atoms with van der Waals surface area (Å²) in [5, 5.41) is 5.74. The molecule has 3 heterocycles. The van der Waals surface area contributed by atoms with Gasteiger partial charge in [0.25, 0.3) is 0 Å². The molecule has 0 saturated carbocycles. The molecule has 0 aliphatic rings. The van der Waals surface area contributed by atoms with Gasteiger partial charge in [-0.1, -0.05) is 30.3 Å². The molecular formula is C23H20N4O2S. The summed E-state index contributed by atoms with van der Waals surface area (Å²) in [6, 6.07) is 15.7. The van der Waals surface area contributed by atoms with E-state index in [1.807, 2.05) is 42.5 Å². The van der Waals surface area contributed by atoms with Crippen LogP contribution in [0.5, 0.6) is 11.5 Å². The Morgan fingerprint density at radius 2 is 1.87 bits per heavy atom. The van der Waals surface area contributed by atoms with Gasteiger partial charge in [0.05, 0.1) is 12.5 Å². The monoisotopic (exact) mass is 416 g/mol. The van der Waals surface area contributed by atoms with Crippen LogP contribution in [-0.4, -0.2) is 26.7 Å². The first-order valence-electron chi connectivity index (χ1n) is 9.60. The zero-order chi connectivity index (χ0) is 20.7. The van der Waals surface area contributed by atoms with Crippen LogP contribution in [0.25, 0.3) is 27.3 Å². The lowest BCUT2D eigenvalue weighted by molar-refractivity contribution is 0.284. The van der Waals surface area contributed by atoms with E-state index in [2.05, 4.69) is 30.0 Å². The van der Waals surface area contributed by atoms with Crippen molar-refractivity contribution in [2.45, 2.75) is 20.5 Å². The molecule has 3 aromatic heterocycles. The Kier molecular flexibility index (Phi) is 4.59. The van der Waals surface area contributed by atoms with E-state index >= 15 is 0 Å². The van der Waals surface area contributed by atoms with Crippen LogP contribution in [-0.2, 0) is 6.61 Å². The third kappa shape index (κ3) is 3.17. The molecule has 0 saturated heterocycles. The van der Waals surface area contributed by atoms with Gasteiger partial charge in [0.15, 0.2) is 23.0 Å². The van der Waals surface area contributed by atoms with Gasteiger partial charge in [-0.2, -0.15) is 0 Å². The average Bonchev–Trinajstić information content (AvgIpc) is 3.33. The molecule has 0 unspecified atom stereocenters. The van der Waals surface area contributed by atoms with Crippen LogP contribution in [0, 0.1) is 13.8 Å². The zero-order valence-corrected chi connectivity index (χ0v) is 17.7. The first-order chi connectivity index (χ1) is 14.6. The van der Waals surface area contributed by atoms with Crippen LogP contribution < -0.4 is 9.47 Å². The van der Waals surface area contributed by atoms with Crippen molar-refractivity contribution in [3.63, 3.8) is 0 Å². The second-order valence-corrected chi connectivity index (χ2v) is 8.25. The van der Waals surface area contributed by atoms with Gasteiger partial charge in [0.2, 0.25) is 0 Å². The largest absolute Gasteiger partial charge is 0.493 e. The lowest BCUT2D eigenvalue weighted by atomic mass is 10.1. The molecule has 0 atom stereocenters. The van der Waals surface area contributed by atoms with Crippen molar-refractivity contribution < 1.29 is 9.47 Å². The number of ether oxygens (including phenoxy) is 2. The number of thiophene rings is 1. The number of aromatic nitrogens is 4. The summed E-state index contributed by atoms with van der Waals surface area (Å²) in [7, 11) is 1.64. The van der Waals surface area contributed by atoms with Gasteiger partial charge in [-0.25, -0.2) is 14.5 Å². The van der Waals surface area contributed by atoms with Gasteiger partial charge in [0.1, 0.15) is 17.8 Å². The highest BCUT2D eigenvalue weighted by Crippen LogP contribution is 2.32. The van der Waals surface area contributed by atoms with E-state index in [-0.39, 0.29) is 0 Å². The van der Waals surface area contributed by atoms with E-state index in [1.165, 1.54) is 10.4 Å². The van der Waals surface area contributed by atoms with Crippen LogP contribution in [0.1, 0.15) is 16.0 Å². The Labute approximate surface area is 177 Å². The molecule has 0 spiro atoms. The molecule has 0 fully saturated rings. The smallest absolute Gasteiger partial charge is 0.182 e. The number of nitrogens with zero attached hydrogens (tertiary/aromatic N) is 4. The van der Waals surface area contributed by atoms with Gasteiger partial charge in [0, 0.05) is 10.4 Å². The van der Waals surface area contributed by atoms with Gasteiger partial charge in [-0.3, -0.25) is 0 Å². The van der Waals surface area contributed by atoms with E-state index in [0.29, 0.717) is 23.9 Å². The van der Waals surface area contributed by atoms with E-state index in [4.69, 9.17) is 14.5 Å². The molecule has 0 aliphatic carbocycles. The van der Waals surface area contributed by atoms with Gasteiger partial charge in [-0.05, 0) is 43.2 Å². The van der Waals surface area contributed by atoms with Crippen LogP contribution in [0.15, 0.2) is 54.9 Å². The number of hydrogen-bond donors (Lipinski definition) is 0. The van der Waals surface area contributed by atoms with E-state index in [0.717, 1.165) is 27.0 Å². The molecule has 0 aliphatic heterocycles. The molecule has 5 aromatic rings. The van der Waals surface area contributed by atoms with Crippen molar-refractivity contribution in [2.75, 3.05) is 7.11 Å². The quantitative estimate of drug-likeness (QED) is 0.394. The highest BCUT2D eigenvalue weighted by Gasteiger charge is 2.15. The average molecular weight is 417 g/mol. The minimum atomic E-state index is 0.427. The molecule has 0 N–H and O–H groups in total. The first-order valence-corrected chi connectivity index (χ1v) is 10.4. The number of rotatable bonds is 5. The SMILES string of the molecule is COc1ccccc1OCc1cccc(-c2nc3c4c(C)c(C)sc4ncn3n2)c1. The predicted octanol–water partition coefficient (Wildman–Crippen LogP) is 5.21. The molecule has 7 heteroatoms. The molecule has 6 nitrogen and oxygen atoms in total. The van der Waals surface area contributed by atoms with Gasteiger partial charge < -0.3 is 9.47 Å². The van der Waals surface area contributed by atoms with E-state index in [1.54, 1.807) is 29.3 Å². The minimum Gasteiger partial charge on any atom is -0.493 e. The second kappa shape index (κ2) is 7.42. The third-order valence-electron chi connectivity index (χ3n) is 5.15. The second-order valence-electron chi connectivity index (χ2n) is 7.05. The van der Waals surface area contributed by atoms with E-state index < -0.39 is 0 Å². The first kappa shape index (κ1) is 18.6. The topological polar surface area (TPSA) is 61.5 Å². The van der Waals surface area contributed by atoms with Crippen molar-refractivity contribution >= 4 is 27.2 Å². The standard InChI is InChI=1S/C23H20N4O2S/c1-14-15(2)30-23-20(14)22-25-21(26-27(22)13-24-23)17-8-6-7-16(11-17)12-29-19-10-5-4-9-18(19)28-3/h4-11,13H,12H2,1-3H3. The highest BCUT2D eigenvalue weighted by molar-refractivity contribution is 7.18. The summed E-state index contributed by atoms with van der Waals surface area (Å²) in [4.78, 5) is 11.6. The number of benzene rings is 2. The van der Waals surface area contributed by atoms with Crippen molar-refractivity contribution in [1.29, 1.82) is 0 Å². The minimum absolute atomic E-state index is 0.427. The fourth-order valence-electron chi connectivity index (χ4n) is 3.47. The molecule has 0 bridgehead atoms. The molecule has 5 rings (SSSR count). The molecule has 2 aromatic carbocycles. The number of fused-ring (bicyclic) bond motifs is 3. The molecule has 30 heavy (non-hydrogen) atoms. The molecular weight excluding hydrogens is 396 g/mol. The van der Waals surface area contributed by atoms with Crippen LogP contribution in [0.4, 0.5) is 0 Å². The number of para-hydroxylation sites is 2. The van der Waals surface area contributed by atoms with Crippen molar-refractivity contribution in [2.24, 2.45) is 0 Å². The van der Waals surface area contributed by atoms with Crippen molar-refractivity contribution in [3.8, 4) is 22.9 Å². The van der Waals surface area contributed by atoms with E-state index in [9.17, 15) is 0 Å². The van der Waals surface area contributed by atoms with Crippen LogP contribution >= 0.6 is 11.3 Å². The predicted molar refractivity (Wildman–Crippen MR) is 118 cm³/mol. The third-order valence-corrected chi connectivity index (χ3v) is 6.27. The lowest BCUT2D eigenvalue weighted by Gasteiger charge is -2.10. The maximum atomic E-state index is 5.96. The molecule has 0 radical (unpaired) electrons. The van der Waals surface area contributed by atoms with Gasteiger partial charge in [-0.15, -0.1) is 16.4 Å². The molecule has 150 valence electrons. The summed E-state index contributed by atoms with van der Waals surface area (Å²) in [5.41, 5.74) is 4.03. The maximum absolute atomic E-state index is 5.96. The summed E-state index contributed by atoms with van der Waals surface area (Å²) in [5.74, 6) is 2.10. The van der Waals surface area contributed by atoms with Crippen molar-refractivity contribution in [1.82, 2.24) is 19.6 Å². The fourth-order valence-corrected chi connectivity index (χ4v) is 4.46. The summed E-state index contributed by atoms with van der Waals surface area (Å²) in [6.45, 7) is 4.65. The Balaban J connectivity index is 1.48. The van der Waals surface area contributed by atoms with Crippen LogP contribution in [0.3, 0.4) is 0 Å². The normalized spacial score (nSPS) is 11.3. The van der Waals surface area contributed by atoms with Crippen LogP contribution in [0.2, 0.25) is 0 Å². The lowest BCUT2D eigenvalue weighted by Crippen LogP contribution is -1.98.